The third-order valence-corrected chi connectivity index (χ3v) is 2.69. The van der Waals surface area contributed by atoms with Crippen molar-refractivity contribution in [3.8, 4) is 10.4 Å². The van der Waals surface area contributed by atoms with Gasteiger partial charge in [-0.05, 0) is 23.7 Å². The molecular formula is C9H6ClNS. The van der Waals surface area contributed by atoms with Gasteiger partial charge in [-0.3, -0.25) is 0 Å². The van der Waals surface area contributed by atoms with E-state index in [1.54, 1.807) is 6.20 Å². The van der Waals surface area contributed by atoms with Crippen molar-refractivity contribution in [2.45, 2.75) is 0 Å². The molecule has 60 valence electrons. The van der Waals surface area contributed by atoms with Crippen LogP contribution in [-0.4, -0.2) is 4.37 Å². The van der Waals surface area contributed by atoms with E-state index < -0.39 is 0 Å². The number of nitrogens with zero attached hydrogens (tertiary/aromatic N) is 1. The normalized spacial score (nSPS) is 10.1. The van der Waals surface area contributed by atoms with Gasteiger partial charge in [0.05, 0.1) is 4.88 Å². The van der Waals surface area contributed by atoms with Crippen molar-refractivity contribution < 1.29 is 0 Å². The van der Waals surface area contributed by atoms with Crippen LogP contribution in [0.5, 0.6) is 0 Å². The standard InChI is InChI=1S/C9H6ClNS/c10-8-4-2-1-3-7(8)9-5-6-11-12-9/h1-6H. The molecule has 0 spiro atoms. The molecule has 0 radical (unpaired) electrons. The summed E-state index contributed by atoms with van der Waals surface area (Å²) in [7, 11) is 0. The highest BCUT2D eigenvalue weighted by atomic mass is 35.5. The van der Waals surface area contributed by atoms with Gasteiger partial charge in [-0.25, -0.2) is 4.37 Å². The van der Waals surface area contributed by atoms with Gasteiger partial charge in [0.2, 0.25) is 0 Å². The van der Waals surface area contributed by atoms with Crippen LogP contribution in [0.3, 0.4) is 0 Å². The molecule has 1 nitrogen and oxygen atoms in total. The average Bonchev–Trinajstić information content (AvgIpc) is 2.57. The van der Waals surface area contributed by atoms with E-state index in [4.69, 9.17) is 11.6 Å². The number of aromatic nitrogens is 1. The molecule has 0 aliphatic heterocycles. The van der Waals surface area contributed by atoms with Gasteiger partial charge in [0.15, 0.2) is 0 Å². The van der Waals surface area contributed by atoms with E-state index in [-0.39, 0.29) is 0 Å². The van der Waals surface area contributed by atoms with Crippen LogP contribution >= 0.6 is 23.1 Å². The lowest BCUT2D eigenvalue weighted by atomic mass is 10.2. The summed E-state index contributed by atoms with van der Waals surface area (Å²) in [6, 6.07) is 9.74. The first kappa shape index (κ1) is 7.77. The molecule has 0 aliphatic carbocycles. The molecule has 1 heterocycles. The minimum absolute atomic E-state index is 0.779. The van der Waals surface area contributed by atoms with Crippen LogP contribution in [0.1, 0.15) is 0 Å². The van der Waals surface area contributed by atoms with Crippen LogP contribution in [-0.2, 0) is 0 Å². The van der Waals surface area contributed by atoms with Gasteiger partial charge >= 0.3 is 0 Å². The number of halogens is 1. The molecule has 0 fully saturated rings. The Morgan fingerprint density at radius 2 is 2.00 bits per heavy atom. The first-order valence-corrected chi connectivity index (χ1v) is 4.68. The Kier molecular flexibility index (Phi) is 2.11. The third kappa shape index (κ3) is 1.36. The van der Waals surface area contributed by atoms with Crippen LogP contribution in [0.2, 0.25) is 5.02 Å². The van der Waals surface area contributed by atoms with Crippen molar-refractivity contribution in [1.82, 2.24) is 4.37 Å². The van der Waals surface area contributed by atoms with E-state index >= 15 is 0 Å². The first-order chi connectivity index (χ1) is 5.88. The zero-order valence-corrected chi connectivity index (χ0v) is 7.77. The lowest BCUT2D eigenvalue weighted by Gasteiger charge is -1.97. The van der Waals surface area contributed by atoms with Crippen molar-refractivity contribution in [3.63, 3.8) is 0 Å². The van der Waals surface area contributed by atoms with E-state index in [1.807, 2.05) is 30.3 Å². The van der Waals surface area contributed by atoms with Gasteiger partial charge in [-0.15, -0.1) is 0 Å². The zero-order chi connectivity index (χ0) is 8.39. The van der Waals surface area contributed by atoms with E-state index in [1.165, 1.54) is 11.5 Å². The second-order valence-electron chi connectivity index (χ2n) is 2.36. The molecule has 1 aromatic carbocycles. The Balaban J connectivity index is 2.55. The van der Waals surface area contributed by atoms with Crippen molar-refractivity contribution in [1.29, 1.82) is 0 Å². The highest BCUT2D eigenvalue weighted by molar-refractivity contribution is 7.09. The molecule has 3 heteroatoms. The largest absolute Gasteiger partial charge is 0.201 e. The molecule has 0 bridgehead atoms. The smallest absolute Gasteiger partial charge is 0.0564 e. The van der Waals surface area contributed by atoms with Crippen molar-refractivity contribution in [2.75, 3.05) is 0 Å². The average molecular weight is 196 g/mol. The van der Waals surface area contributed by atoms with Crippen molar-refractivity contribution in [3.05, 3.63) is 41.6 Å². The molecule has 0 saturated carbocycles. The summed E-state index contributed by atoms with van der Waals surface area (Å²) in [5, 5.41) is 0.779. The van der Waals surface area contributed by atoms with E-state index in [9.17, 15) is 0 Å². The van der Waals surface area contributed by atoms with Crippen LogP contribution in [0.15, 0.2) is 36.5 Å². The summed E-state index contributed by atoms with van der Waals surface area (Å²) in [5.74, 6) is 0. The van der Waals surface area contributed by atoms with Crippen molar-refractivity contribution in [2.24, 2.45) is 0 Å². The van der Waals surface area contributed by atoms with Gasteiger partial charge in [-0.2, -0.15) is 0 Å². The fourth-order valence-electron chi connectivity index (χ4n) is 1.02. The first-order valence-electron chi connectivity index (χ1n) is 3.53. The molecule has 2 rings (SSSR count). The monoisotopic (exact) mass is 195 g/mol. The Morgan fingerprint density at radius 3 is 2.67 bits per heavy atom. The second kappa shape index (κ2) is 3.25. The summed E-state index contributed by atoms with van der Waals surface area (Å²) < 4.78 is 4.02. The molecule has 0 unspecified atom stereocenters. The number of rotatable bonds is 1. The molecule has 12 heavy (non-hydrogen) atoms. The Labute approximate surface area is 79.8 Å². The molecular weight excluding hydrogens is 190 g/mol. The molecule has 2 aromatic rings. The fourth-order valence-corrected chi connectivity index (χ4v) is 1.94. The summed E-state index contributed by atoms with van der Waals surface area (Å²) in [6.07, 6.45) is 1.78. The third-order valence-electron chi connectivity index (χ3n) is 1.58. The van der Waals surface area contributed by atoms with Crippen LogP contribution in [0.25, 0.3) is 10.4 Å². The van der Waals surface area contributed by atoms with Gasteiger partial charge in [0.25, 0.3) is 0 Å². The highest BCUT2D eigenvalue weighted by Crippen LogP contribution is 2.29. The quantitative estimate of drug-likeness (QED) is 0.679. The maximum absolute atomic E-state index is 5.99. The summed E-state index contributed by atoms with van der Waals surface area (Å²) in [6.45, 7) is 0. The highest BCUT2D eigenvalue weighted by Gasteiger charge is 2.02. The maximum atomic E-state index is 5.99. The minimum Gasteiger partial charge on any atom is -0.201 e. The molecule has 0 aliphatic rings. The molecule has 0 atom stereocenters. The summed E-state index contributed by atoms with van der Waals surface area (Å²) >= 11 is 7.45. The fraction of sp³-hybridized carbons (Fsp3) is 0. The van der Waals surface area contributed by atoms with Crippen LogP contribution in [0.4, 0.5) is 0 Å². The topological polar surface area (TPSA) is 12.9 Å². The SMILES string of the molecule is Clc1ccccc1-c1ccns1. The molecule has 0 amide bonds. The number of benzene rings is 1. The number of hydrogen-bond donors (Lipinski definition) is 0. The van der Waals surface area contributed by atoms with Gasteiger partial charge in [0, 0.05) is 16.8 Å². The second-order valence-corrected chi connectivity index (χ2v) is 3.60. The van der Waals surface area contributed by atoms with Gasteiger partial charge in [0.1, 0.15) is 0 Å². The predicted octanol–water partition coefficient (Wildman–Crippen LogP) is 3.46. The van der Waals surface area contributed by atoms with Crippen LogP contribution in [0, 0.1) is 0 Å². The lowest BCUT2D eigenvalue weighted by Crippen LogP contribution is -1.72. The Bertz CT molecular complexity index is 370. The molecule has 0 saturated heterocycles. The predicted molar refractivity (Wildman–Crippen MR) is 52.6 cm³/mol. The van der Waals surface area contributed by atoms with E-state index in [0.29, 0.717) is 0 Å². The number of hydrogen-bond acceptors (Lipinski definition) is 2. The van der Waals surface area contributed by atoms with Crippen LogP contribution < -0.4 is 0 Å². The van der Waals surface area contributed by atoms with Gasteiger partial charge < -0.3 is 0 Å². The Hall–Kier alpha value is -0.860. The molecule has 0 N–H and O–H groups in total. The minimum atomic E-state index is 0.779. The Morgan fingerprint density at radius 1 is 1.17 bits per heavy atom. The summed E-state index contributed by atoms with van der Waals surface area (Å²) in [5.41, 5.74) is 1.06. The van der Waals surface area contributed by atoms with E-state index in [0.717, 1.165) is 15.5 Å². The zero-order valence-electron chi connectivity index (χ0n) is 6.20. The maximum Gasteiger partial charge on any atom is 0.0564 e. The van der Waals surface area contributed by atoms with Crippen molar-refractivity contribution >= 4 is 23.1 Å². The van der Waals surface area contributed by atoms with E-state index in [2.05, 4.69) is 4.37 Å². The van der Waals surface area contributed by atoms with Gasteiger partial charge in [-0.1, -0.05) is 29.8 Å². The lowest BCUT2D eigenvalue weighted by molar-refractivity contribution is 1.58. The summed E-state index contributed by atoms with van der Waals surface area (Å²) in [4.78, 5) is 1.11. The molecule has 1 aromatic heterocycles.